The van der Waals surface area contributed by atoms with Gasteiger partial charge in [-0.3, -0.25) is 0 Å². The molecule has 0 N–H and O–H groups in total. The minimum atomic E-state index is -0.0579. The van der Waals surface area contributed by atoms with Gasteiger partial charge in [0.2, 0.25) is 0 Å². The molecule has 0 aromatic heterocycles. The van der Waals surface area contributed by atoms with Crippen LogP contribution in [-0.4, -0.2) is 7.11 Å². The molecule has 1 aliphatic heterocycles. The van der Waals surface area contributed by atoms with Gasteiger partial charge in [0.15, 0.2) is 6.23 Å². The number of anilines is 1. The van der Waals surface area contributed by atoms with Crippen molar-refractivity contribution < 1.29 is 4.74 Å². The molecule has 1 atom stereocenters. The Morgan fingerprint density at radius 2 is 1.79 bits per heavy atom. The summed E-state index contributed by atoms with van der Waals surface area (Å²) >= 11 is 0. The highest BCUT2D eigenvalue weighted by Gasteiger charge is 2.34. The van der Waals surface area contributed by atoms with Gasteiger partial charge in [-0.05, 0) is 55.9 Å². The maximum Gasteiger partial charge on any atom is 0.156 e. The van der Waals surface area contributed by atoms with Gasteiger partial charge in [-0.2, -0.15) is 0 Å². The van der Waals surface area contributed by atoms with Gasteiger partial charge in [0.25, 0.3) is 0 Å². The zero-order valence-corrected chi connectivity index (χ0v) is 18.3. The first-order valence-corrected chi connectivity index (χ1v) is 10.5. The fraction of sp³-hybridized carbons (Fsp3) is 0.462. The number of nitrogens with zero attached hydrogens (tertiary/aromatic N) is 1. The van der Waals surface area contributed by atoms with Crippen LogP contribution < -0.4 is 4.90 Å². The van der Waals surface area contributed by atoms with E-state index in [4.69, 9.17) is 4.74 Å². The summed E-state index contributed by atoms with van der Waals surface area (Å²) in [6.45, 7) is 11.8. The lowest BCUT2D eigenvalue weighted by molar-refractivity contribution is 0.106. The average Bonchev–Trinajstić information content (AvgIpc) is 3.01. The molecule has 0 amide bonds. The van der Waals surface area contributed by atoms with Crippen LogP contribution in [0.25, 0.3) is 0 Å². The van der Waals surface area contributed by atoms with E-state index in [0.29, 0.717) is 0 Å². The molecule has 2 aromatic rings. The number of rotatable bonds is 5. The molecule has 2 heteroatoms. The topological polar surface area (TPSA) is 12.5 Å². The summed E-state index contributed by atoms with van der Waals surface area (Å²) in [5.74, 6) is 6.91. The third-order valence-electron chi connectivity index (χ3n) is 5.57. The lowest BCUT2D eigenvalue weighted by atomic mass is 9.95. The second kappa shape index (κ2) is 8.84. The van der Waals surface area contributed by atoms with E-state index in [1.165, 1.54) is 44.6 Å². The Labute approximate surface area is 170 Å². The molecule has 0 saturated carbocycles. The molecule has 1 unspecified atom stereocenters. The molecule has 0 radical (unpaired) electrons. The largest absolute Gasteiger partial charge is 0.357 e. The first kappa shape index (κ1) is 20.5. The summed E-state index contributed by atoms with van der Waals surface area (Å²) in [6.07, 6.45) is 4.19. The molecule has 0 spiro atoms. The first-order chi connectivity index (χ1) is 13.5. The Balaban J connectivity index is 2.12. The molecule has 2 nitrogen and oxygen atoms in total. The van der Waals surface area contributed by atoms with Crippen molar-refractivity contribution in [3.63, 3.8) is 0 Å². The number of aryl methyl sites for hydroxylation is 4. The predicted molar refractivity (Wildman–Crippen MR) is 119 cm³/mol. The Hall–Kier alpha value is -2.24. The normalized spacial score (nSPS) is 15.4. The van der Waals surface area contributed by atoms with E-state index in [0.717, 1.165) is 32.2 Å². The SMILES string of the molecule is CCCC#Cc1c(CCC)ccc2c1CN(c1c(C)cc(C)cc1C)C2OC. The van der Waals surface area contributed by atoms with E-state index in [-0.39, 0.29) is 6.23 Å². The molecule has 28 heavy (non-hydrogen) atoms. The number of hydrogen-bond acceptors (Lipinski definition) is 2. The molecule has 0 bridgehead atoms. The Kier molecular flexibility index (Phi) is 6.47. The van der Waals surface area contributed by atoms with Crippen LogP contribution in [0.1, 0.15) is 78.3 Å². The molecule has 0 fully saturated rings. The van der Waals surface area contributed by atoms with Gasteiger partial charge in [0.05, 0.1) is 0 Å². The highest BCUT2D eigenvalue weighted by molar-refractivity contribution is 5.66. The van der Waals surface area contributed by atoms with Crippen molar-refractivity contribution in [3.8, 4) is 11.8 Å². The first-order valence-electron chi connectivity index (χ1n) is 10.5. The average molecular weight is 376 g/mol. The monoisotopic (exact) mass is 375 g/mol. The molecular weight excluding hydrogens is 342 g/mol. The van der Waals surface area contributed by atoms with Gasteiger partial charge in [-0.1, -0.05) is 61.9 Å². The van der Waals surface area contributed by atoms with Gasteiger partial charge in [-0.25, -0.2) is 0 Å². The molecule has 0 saturated heterocycles. The highest BCUT2D eigenvalue weighted by atomic mass is 16.5. The number of unbranched alkanes of at least 4 members (excludes halogenated alkanes) is 1. The number of benzene rings is 2. The van der Waals surface area contributed by atoms with Crippen LogP contribution in [0.4, 0.5) is 5.69 Å². The van der Waals surface area contributed by atoms with Crippen molar-refractivity contribution in [2.24, 2.45) is 0 Å². The lowest BCUT2D eigenvalue weighted by Gasteiger charge is -2.29. The Morgan fingerprint density at radius 1 is 1.07 bits per heavy atom. The third kappa shape index (κ3) is 3.82. The van der Waals surface area contributed by atoms with Crippen LogP contribution in [0.5, 0.6) is 0 Å². The molecule has 3 rings (SSSR count). The fourth-order valence-corrected chi connectivity index (χ4v) is 4.52. The number of hydrogen-bond donors (Lipinski definition) is 0. The zero-order valence-electron chi connectivity index (χ0n) is 18.3. The molecule has 1 heterocycles. The van der Waals surface area contributed by atoms with E-state index >= 15 is 0 Å². The van der Waals surface area contributed by atoms with E-state index in [1.54, 1.807) is 0 Å². The summed E-state index contributed by atoms with van der Waals surface area (Å²) in [5.41, 5.74) is 10.4. The van der Waals surface area contributed by atoms with E-state index in [9.17, 15) is 0 Å². The van der Waals surface area contributed by atoms with Gasteiger partial charge >= 0.3 is 0 Å². The number of fused-ring (bicyclic) bond motifs is 1. The van der Waals surface area contributed by atoms with E-state index < -0.39 is 0 Å². The number of methoxy groups -OCH3 is 1. The molecule has 2 aromatic carbocycles. The van der Waals surface area contributed by atoms with E-state index in [1.807, 2.05) is 7.11 Å². The summed E-state index contributed by atoms with van der Waals surface area (Å²) < 4.78 is 6.00. The van der Waals surface area contributed by atoms with Crippen molar-refractivity contribution in [2.45, 2.75) is 73.1 Å². The maximum absolute atomic E-state index is 6.00. The minimum Gasteiger partial charge on any atom is -0.357 e. The second-order valence-corrected chi connectivity index (χ2v) is 7.93. The smallest absolute Gasteiger partial charge is 0.156 e. The van der Waals surface area contributed by atoms with Crippen LogP contribution in [0.2, 0.25) is 0 Å². The van der Waals surface area contributed by atoms with Crippen molar-refractivity contribution in [3.05, 3.63) is 63.2 Å². The molecule has 1 aliphatic rings. The minimum absolute atomic E-state index is 0.0579. The van der Waals surface area contributed by atoms with Crippen LogP contribution in [0, 0.1) is 32.6 Å². The maximum atomic E-state index is 6.00. The van der Waals surface area contributed by atoms with Crippen molar-refractivity contribution in [1.29, 1.82) is 0 Å². The third-order valence-corrected chi connectivity index (χ3v) is 5.57. The second-order valence-electron chi connectivity index (χ2n) is 7.93. The zero-order chi connectivity index (χ0) is 20.3. The van der Waals surface area contributed by atoms with Gasteiger partial charge in [0, 0.05) is 36.9 Å². The number of ether oxygens (including phenoxy) is 1. The summed E-state index contributed by atoms with van der Waals surface area (Å²) in [5, 5.41) is 0. The fourth-order valence-electron chi connectivity index (χ4n) is 4.52. The highest BCUT2D eigenvalue weighted by Crippen LogP contribution is 2.42. The van der Waals surface area contributed by atoms with Crippen LogP contribution in [0.15, 0.2) is 24.3 Å². The Morgan fingerprint density at radius 3 is 2.39 bits per heavy atom. The standard InChI is InChI=1S/C26H33NO/c1-7-9-10-12-22-21(11-8-2)13-14-23-24(22)17-27(26(23)28-6)25-19(4)15-18(3)16-20(25)5/h13-16,26H,7-9,11,17H2,1-6H3. The van der Waals surface area contributed by atoms with Crippen molar-refractivity contribution in [1.82, 2.24) is 0 Å². The van der Waals surface area contributed by atoms with Crippen molar-refractivity contribution >= 4 is 5.69 Å². The quantitative estimate of drug-likeness (QED) is 0.562. The summed E-state index contributed by atoms with van der Waals surface area (Å²) in [4.78, 5) is 2.41. The van der Waals surface area contributed by atoms with Gasteiger partial charge < -0.3 is 9.64 Å². The molecule has 0 aliphatic carbocycles. The summed E-state index contributed by atoms with van der Waals surface area (Å²) in [7, 11) is 1.81. The molecule has 148 valence electrons. The van der Waals surface area contributed by atoms with E-state index in [2.05, 4.69) is 75.6 Å². The van der Waals surface area contributed by atoms with Gasteiger partial charge in [-0.15, -0.1) is 0 Å². The predicted octanol–water partition coefficient (Wildman–Crippen LogP) is 6.38. The lowest BCUT2D eigenvalue weighted by Crippen LogP contribution is -2.24. The Bertz CT molecular complexity index is 893. The van der Waals surface area contributed by atoms with Crippen LogP contribution >= 0.6 is 0 Å². The molecular formula is C26H33NO. The van der Waals surface area contributed by atoms with Gasteiger partial charge in [0.1, 0.15) is 0 Å². The summed E-state index contributed by atoms with van der Waals surface area (Å²) in [6, 6.07) is 9.06. The van der Waals surface area contributed by atoms with Crippen LogP contribution in [0.3, 0.4) is 0 Å². The van der Waals surface area contributed by atoms with Crippen LogP contribution in [-0.2, 0) is 17.7 Å². The van der Waals surface area contributed by atoms with Crippen molar-refractivity contribution in [2.75, 3.05) is 12.0 Å².